The zero-order valence-electron chi connectivity index (χ0n) is 13.0. The average Bonchev–Trinajstić information content (AvgIpc) is 2.88. The van der Waals surface area contributed by atoms with Crippen LogP contribution in [0.4, 0.5) is 0 Å². The Hall–Kier alpha value is -2.55. The Morgan fingerprint density at radius 1 is 1.18 bits per heavy atom. The maximum atomic E-state index is 6.18. The summed E-state index contributed by atoms with van der Waals surface area (Å²) in [5, 5.41) is 1.07. The first kappa shape index (κ1) is 13.1. The van der Waals surface area contributed by atoms with Crippen LogP contribution in [0.5, 0.6) is 0 Å². The average molecular weight is 290 g/mol. The van der Waals surface area contributed by atoms with Crippen LogP contribution in [-0.2, 0) is 5.54 Å². The third kappa shape index (κ3) is 1.65. The number of furan rings is 1. The highest BCUT2D eigenvalue weighted by atomic mass is 16.3. The lowest BCUT2D eigenvalue weighted by Gasteiger charge is -2.38. The molecule has 4 rings (SSSR count). The third-order valence-electron chi connectivity index (χ3n) is 4.66. The molecule has 3 aromatic rings. The van der Waals surface area contributed by atoms with E-state index in [1.165, 1.54) is 5.56 Å². The van der Waals surface area contributed by atoms with Crippen molar-refractivity contribution >= 4 is 22.1 Å². The summed E-state index contributed by atoms with van der Waals surface area (Å²) in [5.41, 5.74) is 4.79. The van der Waals surface area contributed by atoms with E-state index in [2.05, 4.69) is 55.2 Å². The summed E-state index contributed by atoms with van der Waals surface area (Å²) in [6.07, 6.45) is 10.4. The van der Waals surface area contributed by atoms with Gasteiger partial charge in [-0.2, -0.15) is 0 Å². The summed E-state index contributed by atoms with van der Waals surface area (Å²) < 4.78 is 6.18. The van der Waals surface area contributed by atoms with Crippen LogP contribution >= 0.6 is 0 Å². The fourth-order valence-corrected chi connectivity index (χ4v) is 3.32. The molecule has 1 aromatic carbocycles. The largest absolute Gasteiger partial charge is 0.454 e. The van der Waals surface area contributed by atoms with E-state index in [0.717, 1.165) is 27.6 Å². The SMILES string of the molecule is Cc1cnc2c(oc3ccccc32)c1C1(C)C=CC=CN1C. The monoisotopic (exact) mass is 290 g/mol. The minimum Gasteiger partial charge on any atom is -0.454 e. The first-order valence-electron chi connectivity index (χ1n) is 7.47. The van der Waals surface area contributed by atoms with Crippen molar-refractivity contribution < 1.29 is 4.42 Å². The Labute approximate surface area is 129 Å². The van der Waals surface area contributed by atoms with Gasteiger partial charge >= 0.3 is 0 Å². The van der Waals surface area contributed by atoms with E-state index in [4.69, 9.17) is 4.42 Å². The number of nitrogens with zero attached hydrogens (tertiary/aromatic N) is 2. The van der Waals surface area contributed by atoms with Gasteiger partial charge in [0.05, 0.1) is 5.54 Å². The number of rotatable bonds is 1. The van der Waals surface area contributed by atoms with E-state index in [9.17, 15) is 0 Å². The maximum Gasteiger partial charge on any atom is 0.160 e. The van der Waals surface area contributed by atoms with Gasteiger partial charge in [0.25, 0.3) is 0 Å². The Bertz CT molecular complexity index is 935. The van der Waals surface area contributed by atoms with Gasteiger partial charge in [-0.3, -0.25) is 4.98 Å². The topological polar surface area (TPSA) is 29.3 Å². The molecule has 0 fully saturated rings. The Morgan fingerprint density at radius 3 is 2.82 bits per heavy atom. The molecule has 0 spiro atoms. The van der Waals surface area contributed by atoms with Crippen LogP contribution in [0.1, 0.15) is 18.1 Å². The Kier molecular flexibility index (Phi) is 2.67. The van der Waals surface area contributed by atoms with Crippen LogP contribution in [0.15, 0.2) is 59.3 Å². The predicted octanol–water partition coefficient (Wildman–Crippen LogP) is 4.52. The number of fused-ring (bicyclic) bond motifs is 3. The van der Waals surface area contributed by atoms with Crippen molar-refractivity contribution in [1.29, 1.82) is 0 Å². The molecule has 22 heavy (non-hydrogen) atoms. The van der Waals surface area contributed by atoms with Crippen molar-refractivity contribution in [3.8, 4) is 0 Å². The van der Waals surface area contributed by atoms with Gasteiger partial charge in [-0.1, -0.05) is 24.3 Å². The van der Waals surface area contributed by atoms with Gasteiger partial charge in [0.1, 0.15) is 11.1 Å². The summed E-state index contributed by atoms with van der Waals surface area (Å²) >= 11 is 0. The van der Waals surface area contributed by atoms with Crippen molar-refractivity contribution in [3.63, 3.8) is 0 Å². The molecule has 0 amide bonds. The summed E-state index contributed by atoms with van der Waals surface area (Å²) in [6, 6.07) is 8.08. The van der Waals surface area contributed by atoms with Gasteiger partial charge in [-0.15, -0.1) is 0 Å². The summed E-state index contributed by atoms with van der Waals surface area (Å²) in [6.45, 7) is 4.31. The molecule has 1 aliphatic rings. The van der Waals surface area contributed by atoms with E-state index in [1.54, 1.807) is 0 Å². The van der Waals surface area contributed by atoms with Crippen molar-refractivity contribution in [2.24, 2.45) is 0 Å². The molecule has 1 unspecified atom stereocenters. The highest BCUT2D eigenvalue weighted by Crippen LogP contribution is 2.40. The molecule has 2 aromatic heterocycles. The van der Waals surface area contributed by atoms with Crippen LogP contribution in [0.3, 0.4) is 0 Å². The van der Waals surface area contributed by atoms with Gasteiger partial charge < -0.3 is 9.32 Å². The van der Waals surface area contributed by atoms with Gasteiger partial charge in [0.15, 0.2) is 5.58 Å². The number of hydrogen-bond donors (Lipinski definition) is 0. The molecule has 0 saturated heterocycles. The minimum atomic E-state index is -0.242. The second-order valence-electron chi connectivity index (χ2n) is 6.05. The van der Waals surface area contributed by atoms with E-state index in [-0.39, 0.29) is 5.54 Å². The fraction of sp³-hybridized carbons (Fsp3) is 0.211. The number of hydrogen-bond acceptors (Lipinski definition) is 3. The van der Waals surface area contributed by atoms with Crippen molar-refractivity contribution in [1.82, 2.24) is 9.88 Å². The molecule has 3 heterocycles. The van der Waals surface area contributed by atoms with Crippen LogP contribution in [-0.4, -0.2) is 16.9 Å². The summed E-state index contributed by atoms with van der Waals surface area (Å²) in [7, 11) is 2.09. The number of pyridine rings is 1. The van der Waals surface area contributed by atoms with Crippen LogP contribution in [0, 0.1) is 6.92 Å². The van der Waals surface area contributed by atoms with E-state index in [0.29, 0.717) is 0 Å². The molecule has 0 radical (unpaired) electrons. The van der Waals surface area contributed by atoms with Crippen LogP contribution < -0.4 is 0 Å². The first-order chi connectivity index (χ1) is 10.6. The standard InChI is InChI=1S/C19H18N2O/c1-13-12-20-17-14-8-4-5-9-15(14)22-18(17)16(13)19(2)10-6-7-11-21(19)3/h4-12H,1-3H3. The van der Waals surface area contributed by atoms with E-state index < -0.39 is 0 Å². The molecule has 1 aliphatic heterocycles. The molecule has 110 valence electrons. The van der Waals surface area contributed by atoms with Crippen LogP contribution in [0.25, 0.3) is 22.1 Å². The Balaban J connectivity index is 2.11. The summed E-state index contributed by atoms with van der Waals surface area (Å²) in [5.74, 6) is 0. The van der Waals surface area contributed by atoms with Gasteiger partial charge in [-0.05, 0) is 43.8 Å². The predicted molar refractivity (Wildman–Crippen MR) is 89.6 cm³/mol. The lowest BCUT2D eigenvalue weighted by molar-refractivity contribution is 0.261. The smallest absolute Gasteiger partial charge is 0.160 e. The molecular weight excluding hydrogens is 272 g/mol. The summed E-state index contributed by atoms with van der Waals surface area (Å²) in [4.78, 5) is 6.84. The second-order valence-corrected chi connectivity index (χ2v) is 6.05. The Morgan fingerprint density at radius 2 is 2.00 bits per heavy atom. The molecule has 3 nitrogen and oxygen atoms in total. The molecular formula is C19H18N2O. The van der Waals surface area contributed by atoms with Crippen molar-refractivity contribution in [3.05, 3.63) is 66.0 Å². The van der Waals surface area contributed by atoms with Gasteiger partial charge in [0, 0.05) is 24.2 Å². The number of para-hydroxylation sites is 1. The van der Waals surface area contributed by atoms with Crippen molar-refractivity contribution in [2.45, 2.75) is 19.4 Å². The first-order valence-corrected chi connectivity index (χ1v) is 7.47. The molecule has 1 atom stereocenters. The molecule has 0 aliphatic carbocycles. The highest BCUT2D eigenvalue weighted by molar-refractivity contribution is 6.03. The lowest BCUT2D eigenvalue weighted by atomic mass is 9.86. The normalized spacial score (nSPS) is 21.1. The number of likely N-dealkylation sites (N-methyl/N-ethyl adjacent to an activating group) is 1. The second kappa shape index (κ2) is 4.47. The molecule has 0 bridgehead atoms. The zero-order valence-corrected chi connectivity index (χ0v) is 13.0. The highest BCUT2D eigenvalue weighted by Gasteiger charge is 2.33. The van der Waals surface area contributed by atoms with Crippen LogP contribution in [0.2, 0.25) is 0 Å². The maximum absolute atomic E-state index is 6.18. The van der Waals surface area contributed by atoms with Crippen molar-refractivity contribution in [2.75, 3.05) is 7.05 Å². The van der Waals surface area contributed by atoms with E-state index in [1.807, 2.05) is 30.5 Å². The number of aryl methyl sites for hydroxylation is 1. The number of aromatic nitrogens is 1. The number of benzene rings is 1. The number of allylic oxidation sites excluding steroid dienone is 2. The molecule has 0 N–H and O–H groups in total. The quantitative estimate of drug-likeness (QED) is 0.660. The fourth-order valence-electron chi connectivity index (χ4n) is 3.32. The van der Waals surface area contributed by atoms with E-state index >= 15 is 0 Å². The third-order valence-corrected chi connectivity index (χ3v) is 4.66. The molecule has 3 heteroatoms. The molecule has 0 saturated carbocycles. The van der Waals surface area contributed by atoms with Gasteiger partial charge in [-0.25, -0.2) is 0 Å². The minimum absolute atomic E-state index is 0.242. The van der Waals surface area contributed by atoms with Gasteiger partial charge in [0.2, 0.25) is 0 Å². The lowest BCUT2D eigenvalue weighted by Crippen LogP contribution is -2.37. The zero-order chi connectivity index (χ0) is 15.3.